The lowest BCUT2D eigenvalue weighted by Crippen LogP contribution is -2.28. The van der Waals surface area contributed by atoms with E-state index in [4.69, 9.17) is 0 Å². The zero-order valence-corrected chi connectivity index (χ0v) is 24.9. The van der Waals surface area contributed by atoms with Crippen LogP contribution < -0.4 is 0 Å². The van der Waals surface area contributed by atoms with Crippen molar-refractivity contribution >= 4 is 31.5 Å². The largest absolute Gasteiger partial charge is 0.135 e. The number of fused-ring (bicyclic) bond motifs is 6. The molecule has 0 unspecified atom stereocenters. The molecule has 1 heterocycles. The van der Waals surface area contributed by atoms with Crippen LogP contribution in [0.3, 0.4) is 0 Å². The summed E-state index contributed by atoms with van der Waals surface area (Å²) in [6.45, 7) is 0. The maximum atomic E-state index is 2.45. The Balaban J connectivity index is 1.26. The lowest BCUT2D eigenvalue weighted by Gasteiger charge is -2.34. The van der Waals surface area contributed by atoms with Gasteiger partial charge in [0.05, 0.1) is 5.41 Å². The van der Waals surface area contributed by atoms with Crippen LogP contribution in [0.25, 0.3) is 53.6 Å². The predicted molar refractivity (Wildman–Crippen MR) is 188 cm³/mol. The number of thiophene rings is 1. The first kappa shape index (κ1) is 25.3. The minimum absolute atomic E-state index is 0.398. The summed E-state index contributed by atoms with van der Waals surface area (Å²) >= 11 is 1.89. The summed E-state index contributed by atoms with van der Waals surface area (Å²) in [4.78, 5) is 0. The highest BCUT2D eigenvalue weighted by Crippen LogP contribution is 2.56. The van der Waals surface area contributed by atoms with Gasteiger partial charge in [0, 0.05) is 20.2 Å². The van der Waals surface area contributed by atoms with Gasteiger partial charge in [-0.05, 0) is 73.8 Å². The van der Waals surface area contributed by atoms with Gasteiger partial charge in [-0.3, -0.25) is 0 Å². The average molecular weight is 577 g/mol. The van der Waals surface area contributed by atoms with Crippen LogP contribution in [0.4, 0.5) is 0 Å². The van der Waals surface area contributed by atoms with Crippen LogP contribution in [0.2, 0.25) is 0 Å². The summed E-state index contributed by atoms with van der Waals surface area (Å²) in [6.07, 6.45) is 0. The van der Waals surface area contributed by atoms with Crippen molar-refractivity contribution in [2.45, 2.75) is 5.41 Å². The van der Waals surface area contributed by atoms with Crippen molar-refractivity contribution in [2.75, 3.05) is 0 Å². The van der Waals surface area contributed by atoms with E-state index in [9.17, 15) is 0 Å². The molecule has 0 saturated carbocycles. The molecule has 8 aromatic rings. The Morgan fingerprint density at radius 1 is 0.364 bits per heavy atom. The Kier molecular flexibility index (Phi) is 5.69. The fourth-order valence-electron chi connectivity index (χ4n) is 7.46. The van der Waals surface area contributed by atoms with E-state index in [1.54, 1.807) is 0 Å². The van der Waals surface area contributed by atoms with Crippen LogP contribution in [-0.2, 0) is 5.41 Å². The highest BCUT2D eigenvalue weighted by Gasteiger charge is 2.46. The van der Waals surface area contributed by atoms with Gasteiger partial charge in [0.1, 0.15) is 0 Å². The highest BCUT2D eigenvalue weighted by molar-refractivity contribution is 7.26. The van der Waals surface area contributed by atoms with E-state index in [0.29, 0.717) is 0 Å². The molecule has 0 nitrogen and oxygen atoms in total. The zero-order valence-electron chi connectivity index (χ0n) is 24.1. The maximum absolute atomic E-state index is 2.45. The molecule has 9 rings (SSSR count). The van der Waals surface area contributed by atoms with Gasteiger partial charge in [0.25, 0.3) is 0 Å². The molecule has 44 heavy (non-hydrogen) atoms. The van der Waals surface area contributed by atoms with E-state index in [1.165, 1.54) is 75.8 Å². The molecule has 0 atom stereocenters. The van der Waals surface area contributed by atoms with Gasteiger partial charge < -0.3 is 0 Å². The van der Waals surface area contributed by atoms with Crippen molar-refractivity contribution in [3.63, 3.8) is 0 Å². The summed E-state index contributed by atoms with van der Waals surface area (Å²) < 4.78 is 2.69. The van der Waals surface area contributed by atoms with Crippen molar-refractivity contribution in [3.8, 4) is 33.4 Å². The molecule has 0 spiro atoms. The predicted octanol–water partition coefficient (Wildman–Crippen LogP) is 11.8. The summed E-state index contributed by atoms with van der Waals surface area (Å²) in [5.41, 5.74) is 12.5. The molecule has 0 N–H and O–H groups in total. The van der Waals surface area contributed by atoms with Crippen LogP contribution >= 0.6 is 11.3 Å². The van der Waals surface area contributed by atoms with Gasteiger partial charge in [0.2, 0.25) is 0 Å². The van der Waals surface area contributed by atoms with Crippen molar-refractivity contribution < 1.29 is 0 Å². The van der Waals surface area contributed by atoms with Crippen molar-refractivity contribution in [1.82, 2.24) is 0 Å². The van der Waals surface area contributed by atoms with E-state index in [0.717, 1.165) is 0 Å². The Morgan fingerprint density at radius 2 is 0.955 bits per heavy atom. The molecule has 1 aliphatic carbocycles. The molecule has 0 radical (unpaired) electrons. The summed E-state index contributed by atoms with van der Waals surface area (Å²) in [5.74, 6) is 0. The Labute approximate surface area is 261 Å². The third kappa shape index (κ3) is 3.63. The molecular weight excluding hydrogens is 549 g/mol. The highest BCUT2D eigenvalue weighted by atomic mass is 32.1. The van der Waals surface area contributed by atoms with Gasteiger partial charge in [-0.1, -0.05) is 152 Å². The van der Waals surface area contributed by atoms with Crippen LogP contribution in [0, 0.1) is 0 Å². The van der Waals surface area contributed by atoms with Gasteiger partial charge in [-0.15, -0.1) is 11.3 Å². The average Bonchev–Trinajstić information content (AvgIpc) is 3.63. The molecule has 0 saturated heterocycles. The molecule has 0 fully saturated rings. The molecule has 0 bridgehead atoms. The van der Waals surface area contributed by atoms with Gasteiger partial charge in [0.15, 0.2) is 0 Å². The SMILES string of the molecule is c1ccc(C2(c3ccccc3)c3ccccc3-c3ccc(-c4cccc(-c5cccc6c5sc5ccccc56)c4)cc32)cc1. The first-order chi connectivity index (χ1) is 21.8. The first-order valence-corrected chi connectivity index (χ1v) is 16.0. The third-order valence-electron chi connectivity index (χ3n) is 9.37. The molecule has 7 aromatic carbocycles. The summed E-state index contributed by atoms with van der Waals surface area (Å²) in [7, 11) is 0. The molecule has 1 heteroatoms. The molecule has 206 valence electrons. The fraction of sp³-hybridized carbons (Fsp3) is 0.0233. The lowest BCUT2D eigenvalue weighted by atomic mass is 9.67. The normalized spacial score (nSPS) is 13.2. The fourth-order valence-corrected chi connectivity index (χ4v) is 8.70. The van der Waals surface area contributed by atoms with E-state index >= 15 is 0 Å². The molecule has 1 aliphatic rings. The smallest absolute Gasteiger partial charge is 0.0713 e. The van der Waals surface area contributed by atoms with E-state index in [2.05, 4.69) is 170 Å². The van der Waals surface area contributed by atoms with Crippen LogP contribution in [0.15, 0.2) is 170 Å². The van der Waals surface area contributed by atoms with Gasteiger partial charge in [-0.2, -0.15) is 0 Å². The lowest BCUT2D eigenvalue weighted by molar-refractivity contribution is 0.769. The Hall–Kier alpha value is -5.24. The second-order valence-corrected chi connectivity index (χ2v) is 12.7. The minimum Gasteiger partial charge on any atom is -0.135 e. The van der Waals surface area contributed by atoms with Crippen molar-refractivity contribution in [1.29, 1.82) is 0 Å². The summed E-state index contributed by atoms with van der Waals surface area (Å²) in [5, 5.41) is 2.67. The van der Waals surface area contributed by atoms with Gasteiger partial charge >= 0.3 is 0 Å². The maximum Gasteiger partial charge on any atom is 0.0713 e. The van der Waals surface area contributed by atoms with Gasteiger partial charge in [-0.25, -0.2) is 0 Å². The Morgan fingerprint density at radius 3 is 1.77 bits per heavy atom. The minimum atomic E-state index is -0.398. The second kappa shape index (κ2) is 9.91. The zero-order chi connectivity index (χ0) is 29.1. The number of hydrogen-bond acceptors (Lipinski definition) is 1. The summed E-state index contributed by atoms with van der Waals surface area (Å²) in [6, 6.07) is 62.7. The number of hydrogen-bond donors (Lipinski definition) is 0. The van der Waals surface area contributed by atoms with Crippen LogP contribution in [0.1, 0.15) is 22.3 Å². The topological polar surface area (TPSA) is 0 Å². The molecule has 1 aromatic heterocycles. The number of benzene rings is 7. The standard InChI is InChI=1S/C43H28S/c1-3-15-32(16-4-1)43(33-17-5-2-6-18-33)39-23-9-7-19-35(39)36-26-25-30(28-40(36)43)29-13-11-14-31(27-29)34-21-12-22-38-37-20-8-10-24-41(37)44-42(34)38/h1-28H. The quantitative estimate of drug-likeness (QED) is 0.195. The Bertz CT molecular complexity index is 2290. The molecule has 0 amide bonds. The van der Waals surface area contributed by atoms with Crippen molar-refractivity contribution in [3.05, 3.63) is 192 Å². The number of rotatable bonds is 4. The van der Waals surface area contributed by atoms with E-state index in [-0.39, 0.29) is 0 Å². The first-order valence-electron chi connectivity index (χ1n) is 15.2. The monoisotopic (exact) mass is 576 g/mol. The second-order valence-electron chi connectivity index (χ2n) is 11.6. The van der Waals surface area contributed by atoms with Crippen molar-refractivity contribution in [2.24, 2.45) is 0 Å². The molecular formula is C43H28S. The van der Waals surface area contributed by atoms with Crippen LogP contribution in [-0.4, -0.2) is 0 Å². The van der Waals surface area contributed by atoms with Crippen LogP contribution in [0.5, 0.6) is 0 Å². The third-order valence-corrected chi connectivity index (χ3v) is 10.6. The molecule has 0 aliphatic heterocycles. The van der Waals surface area contributed by atoms with E-state index in [1.807, 2.05) is 11.3 Å². The van der Waals surface area contributed by atoms with E-state index < -0.39 is 5.41 Å².